The van der Waals surface area contributed by atoms with Crippen LogP contribution in [0.25, 0.3) is 0 Å². The summed E-state index contributed by atoms with van der Waals surface area (Å²) in [4.78, 5) is 2.45. The van der Waals surface area contributed by atoms with E-state index in [-0.39, 0.29) is 6.04 Å². The van der Waals surface area contributed by atoms with Gasteiger partial charge in [-0.05, 0) is 79.9 Å². The molecule has 1 unspecified atom stereocenters. The highest BCUT2D eigenvalue weighted by Gasteiger charge is 2.41. The number of hydrogen-bond donors (Lipinski definition) is 0. The Morgan fingerprint density at radius 2 is 1.62 bits per heavy atom. The Labute approximate surface area is 177 Å². The Balaban J connectivity index is 1.77. The fourth-order valence-electron chi connectivity index (χ4n) is 4.24. The molecule has 3 aromatic carbocycles. The minimum absolute atomic E-state index is 0.0511. The highest BCUT2D eigenvalue weighted by atomic mass is 35.5. The first-order valence-electron chi connectivity index (χ1n) is 9.91. The first-order chi connectivity index (χ1) is 14.0. The predicted octanol–water partition coefficient (Wildman–Crippen LogP) is 6.31. The molecule has 1 aliphatic rings. The molecule has 3 aromatic rings. The second-order valence-electron chi connectivity index (χ2n) is 7.91. The lowest BCUT2D eigenvalue weighted by Crippen LogP contribution is -2.49. The van der Waals surface area contributed by atoms with E-state index in [0.717, 1.165) is 24.5 Å². The van der Waals surface area contributed by atoms with Crippen molar-refractivity contribution in [1.82, 2.24) is 0 Å². The fourth-order valence-corrected chi connectivity index (χ4v) is 4.37. The van der Waals surface area contributed by atoms with Crippen LogP contribution in [0.5, 0.6) is 11.5 Å². The van der Waals surface area contributed by atoms with Gasteiger partial charge in [-0.2, -0.15) is 0 Å². The summed E-state index contributed by atoms with van der Waals surface area (Å²) in [7, 11) is 1.71. The first kappa shape index (κ1) is 19.7. The van der Waals surface area contributed by atoms with Crippen molar-refractivity contribution in [2.45, 2.75) is 31.9 Å². The number of anilines is 1. The smallest absolute Gasteiger partial charge is 0.128 e. The normalized spacial score (nSPS) is 16.3. The van der Waals surface area contributed by atoms with Crippen molar-refractivity contribution in [2.75, 3.05) is 18.6 Å². The van der Waals surface area contributed by atoms with Crippen molar-refractivity contribution in [3.05, 3.63) is 88.9 Å². The van der Waals surface area contributed by atoms with Gasteiger partial charge in [0.05, 0.1) is 13.2 Å². The molecule has 1 aliphatic heterocycles. The maximum absolute atomic E-state index is 6.53. The van der Waals surface area contributed by atoms with Crippen molar-refractivity contribution in [3.8, 4) is 11.5 Å². The monoisotopic (exact) mass is 407 g/mol. The molecule has 3 nitrogen and oxygen atoms in total. The quantitative estimate of drug-likeness (QED) is 0.494. The summed E-state index contributed by atoms with van der Waals surface area (Å²) >= 11 is 6.05. The Morgan fingerprint density at radius 1 is 0.931 bits per heavy atom. The van der Waals surface area contributed by atoms with Gasteiger partial charge in [0.1, 0.15) is 17.1 Å². The molecule has 150 valence electrons. The molecule has 4 rings (SSSR count). The zero-order chi connectivity index (χ0) is 20.4. The molecule has 4 heteroatoms. The molecule has 1 atom stereocenters. The predicted molar refractivity (Wildman–Crippen MR) is 119 cm³/mol. The minimum Gasteiger partial charge on any atom is -0.497 e. The Hall–Kier alpha value is -2.65. The molecule has 0 saturated heterocycles. The summed E-state index contributed by atoms with van der Waals surface area (Å²) in [6.45, 7) is 5.23. The van der Waals surface area contributed by atoms with Crippen LogP contribution in [0, 0.1) is 0 Å². The lowest BCUT2D eigenvalue weighted by molar-refractivity contribution is 0.0733. The third-order valence-corrected chi connectivity index (χ3v) is 5.77. The highest BCUT2D eigenvalue weighted by Crippen LogP contribution is 2.43. The molecule has 0 aliphatic carbocycles. The van der Waals surface area contributed by atoms with Crippen molar-refractivity contribution in [1.29, 1.82) is 0 Å². The number of methoxy groups -OCH3 is 1. The SMILES string of the molecule is COc1ccc2c(c1)CCN(c1ccccc1)C2C(C)(C)Oc1ccc(Cl)cc1. The van der Waals surface area contributed by atoms with Gasteiger partial charge < -0.3 is 14.4 Å². The van der Waals surface area contributed by atoms with Gasteiger partial charge in [-0.15, -0.1) is 0 Å². The number of para-hydroxylation sites is 1. The second-order valence-corrected chi connectivity index (χ2v) is 8.34. The van der Waals surface area contributed by atoms with Gasteiger partial charge in [0.15, 0.2) is 0 Å². The molecule has 29 heavy (non-hydrogen) atoms. The minimum atomic E-state index is -0.479. The maximum Gasteiger partial charge on any atom is 0.128 e. The molecule has 0 aromatic heterocycles. The van der Waals surface area contributed by atoms with Gasteiger partial charge in [0.2, 0.25) is 0 Å². The average molecular weight is 408 g/mol. The molecule has 1 heterocycles. The Bertz CT molecular complexity index is 970. The Kier molecular flexibility index (Phi) is 5.42. The molecule has 0 amide bonds. The largest absolute Gasteiger partial charge is 0.497 e. The molecule has 0 fully saturated rings. The summed E-state index contributed by atoms with van der Waals surface area (Å²) in [6, 6.07) is 24.6. The lowest BCUT2D eigenvalue weighted by Gasteiger charge is -2.47. The molecule has 0 N–H and O–H groups in total. The van der Waals surface area contributed by atoms with Crippen LogP contribution >= 0.6 is 11.6 Å². The third-order valence-electron chi connectivity index (χ3n) is 5.52. The van der Waals surface area contributed by atoms with E-state index in [1.807, 2.05) is 30.3 Å². The molecule has 0 spiro atoms. The number of hydrogen-bond acceptors (Lipinski definition) is 3. The second kappa shape index (κ2) is 8.00. The first-order valence-corrected chi connectivity index (χ1v) is 10.3. The Morgan fingerprint density at radius 3 is 2.31 bits per heavy atom. The maximum atomic E-state index is 6.53. The van der Waals surface area contributed by atoms with Crippen LogP contribution in [0.4, 0.5) is 5.69 Å². The summed E-state index contributed by atoms with van der Waals surface area (Å²) in [6.07, 6.45) is 0.967. The van der Waals surface area contributed by atoms with E-state index < -0.39 is 5.60 Å². The van der Waals surface area contributed by atoms with Crippen LogP contribution < -0.4 is 14.4 Å². The lowest BCUT2D eigenvalue weighted by atomic mass is 9.83. The van der Waals surface area contributed by atoms with Crippen LogP contribution in [-0.4, -0.2) is 19.3 Å². The van der Waals surface area contributed by atoms with Crippen molar-refractivity contribution in [2.24, 2.45) is 0 Å². The third kappa shape index (κ3) is 4.06. The van der Waals surface area contributed by atoms with E-state index in [1.165, 1.54) is 16.8 Å². The number of benzene rings is 3. The zero-order valence-corrected chi connectivity index (χ0v) is 17.8. The van der Waals surface area contributed by atoms with Gasteiger partial charge >= 0.3 is 0 Å². The number of fused-ring (bicyclic) bond motifs is 1. The zero-order valence-electron chi connectivity index (χ0n) is 17.1. The fraction of sp³-hybridized carbons (Fsp3) is 0.280. The summed E-state index contributed by atoms with van der Waals surface area (Å²) in [5.74, 6) is 1.71. The van der Waals surface area contributed by atoms with E-state index in [0.29, 0.717) is 5.02 Å². The standard InChI is InChI=1S/C25H26ClNO2/c1-25(2,29-21-11-9-19(26)10-12-21)24-23-14-13-22(28-3)17-18(23)15-16-27(24)20-7-5-4-6-8-20/h4-14,17,24H,15-16H2,1-3H3. The van der Waals surface area contributed by atoms with E-state index in [9.17, 15) is 0 Å². The number of rotatable bonds is 5. The van der Waals surface area contributed by atoms with Crippen LogP contribution in [0.3, 0.4) is 0 Å². The van der Waals surface area contributed by atoms with Gasteiger partial charge in [-0.1, -0.05) is 35.9 Å². The molecular weight excluding hydrogens is 382 g/mol. The molecule has 0 radical (unpaired) electrons. The van der Waals surface area contributed by atoms with Crippen molar-refractivity contribution >= 4 is 17.3 Å². The summed E-state index contributed by atoms with van der Waals surface area (Å²) in [5.41, 5.74) is 3.31. The van der Waals surface area contributed by atoms with E-state index in [4.69, 9.17) is 21.1 Å². The van der Waals surface area contributed by atoms with Crippen molar-refractivity contribution < 1.29 is 9.47 Å². The average Bonchev–Trinajstić information content (AvgIpc) is 2.74. The summed E-state index contributed by atoms with van der Waals surface area (Å²) in [5, 5.41) is 0.705. The van der Waals surface area contributed by atoms with E-state index >= 15 is 0 Å². The van der Waals surface area contributed by atoms with Crippen LogP contribution in [-0.2, 0) is 6.42 Å². The van der Waals surface area contributed by atoms with Crippen LogP contribution in [0.15, 0.2) is 72.8 Å². The number of nitrogens with zero attached hydrogens (tertiary/aromatic N) is 1. The van der Waals surface area contributed by atoms with E-state index in [2.05, 4.69) is 61.2 Å². The van der Waals surface area contributed by atoms with Crippen molar-refractivity contribution in [3.63, 3.8) is 0 Å². The molecule has 0 saturated carbocycles. The van der Waals surface area contributed by atoms with E-state index in [1.54, 1.807) is 7.11 Å². The molecule has 0 bridgehead atoms. The van der Waals surface area contributed by atoms with Gasteiger partial charge in [0.25, 0.3) is 0 Å². The number of ether oxygens (including phenoxy) is 2. The topological polar surface area (TPSA) is 21.7 Å². The van der Waals surface area contributed by atoms with Gasteiger partial charge in [-0.25, -0.2) is 0 Å². The number of halogens is 1. The highest BCUT2D eigenvalue weighted by molar-refractivity contribution is 6.30. The van der Waals surface area contributed by atoms with Gasteiger partial charge in [0, 0.05) is 17.3 Å². The molecular formula is C25H26ClNO2. The van der Waals surface area contributed by atoms with Crippen LogP contribution in [0.1, 0.15) is 31.0 Å². The van der Waals surface area contributed by atoms with Gasteiger partial charge in [-0.3, -0.25) is 0 Å². The van der Waals surface area contributed by atoms with Crippen LogP contribution in [0.2, 0.25) is 5.02 Å². The summed E-state index contributed by atoms with van der Waals surface area (Å²) < 4.78 is 12.0.